The molecule has 0 bridgehead atoms. The zero-order valence-corrected chi connectivity index (χ0v) is 15.1. The number of fused-ring (bicyclic) bond motifs is 1. The molecular formula is C22H17FN2O3. The fraction of sp³-hybridized carbons (Fsp3) is 0.0909. The quantitative estimate of drug-likeness (QED) is 0.531. The lowest BCUT2D eigenvalue weighted by Gasteiger charge is -2.07. The molecule has 2 aromatic heterocycles. The second-order valence-electron chi connectivity index (χ2n) is 6.37. The molecule has 4 aromatic rings. The molecule has 0 spiro atoms. The Kier molecular flexibility index (Phi) is 4.53. The molecule has 28 heavy (non-hydrogen) atoms. The molecule has 6 heteroatoms. The van der Waals surface area contributed by atoms with Crippen molar-refractivity contribution in [2.45, 2.75) is 6.42 Å². The standard InChI is InChI=1S/C22H17FN2O3/c1-28-20-12-19-15(11-17(20)23)16(21(25-19)13-6-3-2-4-7-13)10-14-8-5-9-18(24-14)22(26)27/h2-9,11-12,25H,10H2,1H3,(H,26,27). The minimum atomic E-state index is -1.08. The van der Waals surface area contributed by atoms with E-state index in [1.165, 1.54) is 19.2 Å². The number of carboxylic acid groups (broad SMARTS) is 1. The van der Waals surface area contributed by atoms with Crippen LogP contribution in [0.15, 0.2) is 60.7 Å². The van der Waals surface area contributed by atoms with Crippen LogP contribution in [0.25, 0.3) is 22.2 Å². The maximum absolute atomic E-state index is 14.4. The molecule has 2 heterocycles. The highest BCUT2D eigenvalue weighted by molar-refractivity contribution is 5.92. The van der Waals surface area contributed by atoms with Crippen LogP contribution in [0, 0.1) is 5.82 Å². The van der Waals surface area contributed by atoms with Crippen molar-refractivity contribution < 1.29 is 19.0 Å². The van der Waals surface area contributed by atoms with Crippen LogP contribution in [0.5, 0.6) is 5.75 Å². The van der Waals surface area contributed by atoms with Crippen LogP contribution < -0.4 is 4.74 Å². The van der Waals surface area contributed by atoms with E-state index in [2.05, 4.69) is 9.97 Å². The number of rotatable bonds is 5. The third-order valence-electron chi connectivity index (χ3n) is 4.62. The van der Waals surface area contributed by atoms with Crippen LogP contribution in [0.2, 0.25) is 0 Å². The molecule has 4 rings (SSSR count). The van der Waals surface area contributed by atoms with Gasteiger partial charge in [-0.2, -0.15) is 0 Å². The number of nitrogens with zero attached hydrogens (tertiary/aromatic N) is 1. The van der Waals surface area contributed by atoms with Crippen LogP contribution in [0.1, 0.15) is 21.7 Å². The van der Waals surface area contributed by atoms with Gasteiger partial charge in [0.15, 0.2) is 11.6 Å². The summed E-state index contributed by atoms with van der Waals surface area (Å²) < 4.78 is 19.5. The van der Waals surface area contributed by atoms with Crippen molar-refractivity contribution in [3.05, 3.63) is 83.4 Å². The lowest BCUT2D eigenvalue weighted by molar-refractivity contribution is 0.0690. The fourth-order valence-corrected chi connectivity index (χ4v) is 3.32. The first kappa shape index (κ1) is 17.7. The lowest BCUT2D eigenvalue weighted by atomic mass is 10.0. The number of ether oxygens (including phenoxy) is 1. The Morgan fingerprint density at radius 2 is 1.93 bits per heavy atom. The van der Waals surface area contributed by atoms with E-state index in [9.17, 15) is 14.3 Å². The molecule has 5 nitrogen and oxygen atoms in total. The van der Waals surface area contributed by atoms with Gasteiger partial charge < -0.3 is 14.8 Å². The zero-order chi connectivity index (χ0) is 19.7. The van der Waals surface area contributed by atoms with E-state index in [0.29, 0.717) is 17.5 Å². The molecule has 2 N–H and O–H groups in total. The molecule has 0 saturated carbocycles. The number of benzene rings is 2. The summed E-state index contributed by atoms with van der Waals surface area (Å²) in [4.78, 5) is 18.8. The number of hydrogen-bond acceptors (Lipinski definition) is 3. The maximum atomic E-state index is 14.4. The van der Waals surface area contributed by atoms with Crippen LogP contribution in [-0.4, -0.2) is 28.2 Å². The number of hydrogen-bond donors (Lipinski definition) is 2. The highest BCUT2D eigenvalue weighted by Gasteiger charge is 2.17. The van der Waals surface area contributed by atoms with Crippen molar-refractivity contribution in [1.29, 1.82) is 0 Å². The highest BCUT2D eigenvalue weighted by atomic mass is 19.1. The largest absolute Gasteiger partial charge is 0.494 e. The van der Waals surface area contributed by atoms with Crippen LogP contribution in [0.3, 0.4) is 0 Å². The second-order valence-corrected chi connectivity index (χ2v) is 6.37. The lowest BCUT2D eigenvalue weighted by Crippen LogP contribution is -2.03. The minimum Gasteiger partial charge on any atom is -0.494 e. The monoisotopic (exact) mass is 376 g/mol. The van der Waals surface area contributed by atoms with Gasteiger partial charge in [0.2, 0.25) is 0 Å². The Morgan fingerprint density at radius 3 is 2.64 bits per heavy atom. The van der Waals surface area contributed by atoms with Gasteiger partial charge in [-0.1, -0.05) is 36.4 Å². The zero-order valence-electron chi connectivity index (χ0n) is 15.1. The second kappa shape index (κ2) is 7.15. The molecule has 2 aromatic carbocycles. The van der Waals surface area contributed by atoms with Crippen LogP contribution >= 0.6 is 0 Å². The van der Waals surface area contributed by atoms with Gasteiger partial charge in [-0.3, -0.25) is 0 Å². The molecule has 0 unspecified atom stereocenters. The number of H-pyrrole nitrogens is 1. The molecule has 0 atom stereocenters. The van der Waals surface area contributed by atoms with E-state index >= 15 is 0 Å². The van der Waals surface area contributed by atoms with Gasteiger partial charge in [-0.05, 0) is 29.3 Å². The predicted octanol–water partition coefficient (Wildman–Crippen LogP) is 4.67. The topological polar surface area (TPSA) is 75.2 Å². The van der Waals surface area contributed by atoms with Gasteiger partial charge >= 0.3 is 5.97 Å². The Hall–Kier alpha value is -3.67. The van der Waals surface area contributed by atoms with E-state index in [1.807, 2.05) is 30.3 Å². The van der Waals surface area contributed by atoms with E-state index in [-0.39, 0.29) is 11.4 Å². The highest BCUT2D eigenvalue weighted by Crippen LogP contribution is 2.35. The van der Waals surface area contributed by atoms with Crippen LogP contribution in [-0.2, 0) is 6.42 Å². The van der Waals surface area contributed by atoms with Gasteiger partial charge in [0.05, 0.1) is 18.3 Å². The van der Waals surface area contributed by atoms with E-state index in [0.717, 1.165) is 22.3 Å². The van der Waals surface area contributed by atoms with Crippen molar-refractivity contribution in [2.24, 2.45) is 0 Å². The Bertz CT molecular complexity index is 1170. The van der Waals surface area contributed by atoms with Gasteiger partial charge in [0.1, 0.15) is 5.69 Å². The Labute approximate surface area is 160 Å². The summed E-state index contributed by atoms with van der Waals surface area (Å²) in [6.45, 7) is 0. The predicted molar refractivity (Wildman–Crippen MR) is 104 cm³/mol. The van der Waals surface area contributed by atoms with Crippen molar-refractivity contribution in [2.75, 3.05) is 7.11 Å². The third-order valence-corrected chi connectivity index (χ3v) is 4.62. The molecule has 0 aliphatic rings. The molecule has 0 saturated heterocycles. The number of aromatic carboxylic acids is 1. The summed E-state index contributed by atoms with van der Waals surface area (Å²) in [7, 11) is 1.42. The molecule has 0 amide bonds. The van der Waals surface area contributed by atoms with E-state index in [4.69, 9.17) is 4.74 Å². The normalized spacial score (nSPS) is 10.9. The number of methoxy groups -OCH3 is 1. The van der Waals surface area contributed by atoms with E-state index in [1.54, 1.807) is 18.2 Å². The minimum absolute atomic E-state index is 0.0218. The van der Waals surface area contributed by atoms with Crippen molar-refractivity contribution in [1.82, 2.24) is 9.97 Å². The smallest absolute Gasteiger partial charge is 0.354 e. The number of aromatic nitrogens is 2. The Balaban J connectivity index is 1.90. The van der Waals surface area contributed by atoms with Crippen LogP contribution in [0.4, 0.5) is 4.39 Å². The summed E-state index contributed by atoms with van der Waals surface area (Å²) >= 11 is 0. The van der Waals surface area contributed by atoms with E-state index < -0.39 is 11.8 Å². The summed E-state index contributed by atoms with van der Waals surface area (Å²) in [5.41, 5.74) is 3.94. The Morgan fingerprint density at radius 1 is 1.14 bits per heavy atom. The van der Waals surface area contributed by atoms with Gasteiger partial charge in [-0.15, -0.1) is 0 Å². The number of halogens is 1. The third kappa shape index (κ3) is 3.20. The molecule has 140 valence electrons. The average Bonchev–Trinajstić information content (AvgIpc) is 3.05. The van der Waals surface area contributed by atoms with Gasteiger partial charge in [0.25, 0.3) is 0 Å². The van der Waals surface area contributed by atoms with Crippen molar-refractivity contribution in [3.8, 4) is 17.0 Å². The number of carbonyl (C=O) groups is 1. The summed E-state index contributed by atoms with van der Waals surface area (Å²) in [5, 5.41) is 9.91. The van der Waals surface area contributed by atoms with Gasteiger partial charge in [-0.25, -0.2) is 14.2 Å². The van der Waals surface area contributed by atoms with Gasteiger partial charge in [0, 0.05) is 23.6 Å². The first-order valence-electron chi connectivity index (χ1n) is 8.69. The first-order valence-corrected chi connectivity index (χ1v) is 8.69. The van der Waals surface area contributed by atoms with Crippen molar-refractivity contribution in [3.63, 3.8) is 0 Å². The summed E-state index contributed by atoms with van der Waals surface area (Å²) in [6.07, 6.45) is 0.358. The molecule has 0 fully saturated rings. The average molecular weight is 376 g/mol. The number of pyridine rings is 1. The summed E-state index contributed by atoms with van der Waals surface area (Å²) in [6, 6.07) is 17.6. The maximum Gasteiger partial charge on any atom is 0.354 e. The molecule has 0 aliphatic carbocycles. The first-order chi connectivity index (χ1) is 13.6. The van der Waals surface area contributed by atoms with Crippen molar-refractivity contribution >= 4 is 16.9 Å². The summed E-state index contributed by atoms with van der Waals surface area (Å²) in [5.74, 6) is -1.38. The molecule has 0 aliphatic heterocycles. The molecule has 0 radical (unpaired) electrons. The number of aromatic amines is 1. The molecular weight excluding hydrogens is 359 g/mol. The number of carboxylic acids is 1. The SMILES string of the molecule is COc1cc2[nH]c(-c3ccccc3)c(Cc3cccc(C(=O)O)n3)c2cc1F. The fourth-order valence-electron chi connectivity index (χ4n) is 3.32. The number of nitrogens with one attached hydrogen (secondary N) is 1.